The van der Waals surface area contributed by atoms with Gasteiger partial charge in [0, 0.05) is 18.1 Å². The third-order valence-electron chi connectivity index (χ3n) is 6.67. The summed E-state index contributed by atoms with van der Waals surface area (Å²) in [5.74, 6) is -0.171. The van der Waals surface area contributed by atoms with Crippen molar-refractivity contribution < 1.29 is 22.7 Å². The first-order valence-corrected chi connectivity index (χ1v) is 14.0. The number of esters is 1. The Bertz CT molecular complexity index is 1280. The van der Waals surface area contributed by atoms with Gasteiger partial charge in [-0.2, -0.15) is 0 Å². The van der Waals surface area contributed by atoms with E-state index in [9.17, 15) is 18.0 Å². The molecule has 0 aliphatic heterocycles. The van der Waals surface area contributed by atoms with Crippen molar-refractivity contribution in [3.8, 4) is 0 Å². The second-order valence-electron chi connectivity index (χ2n) is 9.21. The SMILES string of the molecule is CCS(=O)(=O)c1cn([C@@H](CC2CCCC2)C(=O)Cc2ccc(C(=O)OCc3ccccc3)cn2)cn1. The van der Waals surface area contributed by atoms with Crippen LogP contribution in [-0.4, -0.2) is 40.5 Å². The average molecular weight is 510 g/mol. The lowest BCUT2D eigenvalue weighted by Crippen LogP contribution is -2.23. The summed E-state index contributed by atoms with van der Waals surface area (Å²) in [5, 5.41) is -0.00860. The molecule has 1 aromatic carbocycles. The van der Waals surface area contributed by atoms with Gasteiger partial charge in [-0.1, -0.05) is 62.9 Å². The number of ether oxygens (including phenoxy) is 1. The van der Waals surface area contributed by atoms with E-state index >= 15 is 0 Å². The van der Waals surface area contributed by atoms with Crippen LogP contribution in [0.3, 0.4) is 0 Å². The van der Waals surface area contributed by atoms with Gasteiger partial charge in [0.15, 0.2) is 20.6 Å². The summed E-state index contributed by atoms with van der Waals surface area (Å²) in [7, 11) is -3.46. The highest BCUT2D eigenvalue weighted by Gasteiger charge is 2.28. The molecule has 1 atom stereocenters. The summed E-state index contributed by atoms with van der Waals surface area (Å²) in [6, 6.07) is 12.2. The van der Waals surface area contributed by atoms with Crippen LogP contribution in [0.2, 0.25) is 0 Å². The molecule has 0 N–H and O–H groups in total. The molecule has 36 heavy (non-hydrogen) atoms. The molecule has 9 heteroatoms. The second-order valence-corrected chi connectivity index (χ2v) is 11.4. The molecule has 190 valence electrons. The van der Waals surface area contributed by atoms with Gasteiger partial charge in [0.05, 0.1) is 30.1 Å². The minimum atomic E-state index is -3.46. The maximum absolute atomic E-state index is 13.4. The topological polar surface area (TPSA) is 108 Å². The van der Waals surface area contributed by atoms with E-state index in [0.29, 0.717) is 23.6 Å². The van der Waals surface area contributed by atoms with Gasteiger partial charge in [-0.25, -0.2) is 18.2 Å². The van der Waals surface area contributed by atoms with E-state index in [1.165, 1.54) is 18.7 Å². The highest BCUT2D eigenvalue weighted by atomic mass is 32.2. The molecule has 2 heterocycles. The molecule has 1 aliphatic rings. The molecular formula is C27H31N3O5S. The normalized spacial score (nSPS) is 15.0. The maximum atomic E-state index is 13.4. The molecule has 0 amide bonds. The predicted octanol–water partition coefficient (Wildman–Crippen LogP) is 4.36. The second kappa shape index (κ2) is 11.6. The molecule has 0 saturated heterocycles. The van der Waals surface area contributed by atoms with Crippen LogP contribution < -0.4 is 0 Å². The van der Waals surface area contributed by atoms with E-state index in [-0.39, 0.29) is 29.6 Å². The van der Waals surface area contributed by atoms with Gasteiger partial charge < -0.3 is 9.30 Å². The number of carbonyl (C=O) groups excluding carboxylic acids is 2. The lowest BCUT2D eigenvalue weighted by Gasteiger charge is -2.21. The van der Waals surface area contributed by atoms with E-state index in [0.717, 1.165) is 31.2 Å². The Labute approximate surface area is 211 Å². The number of ketones is 1. The number of rotatable bonds is 11. The number of benzene rings is 1. The summed E-state index contributed by atoms with van der Waals surface area (Å²) in [6.45, 7) is 1.74. The van der Waals surface area contributed by atoms with Crippen molar-refractivity contribution in [1.82, 2.24) is 14.5 Å². The molecule has 1 saturated carbocycles. The maximum Gasteiger partial charge on any atom is 0.340 e. The molecule has 0 spiro atoms. The molecule has 0 radical (unpaired) electrons. The van der Waals surface area contributed by atoms with Crippen molar-refractivity contribution >= 4 is 21.6 Å². The number of sulfone groups is 1. The molecule has 2 aromatic heterocycles. The fraction of sp³-hybridized carbons (Fsp3) is 0.407. The first kappa shape index (κ1) is 25.8. The van der Waals surface area contributed by atoms with Crippen LogP contribution in [0.1, 0.15) is 66.7 Å². The first-order valence-electron chi connectivity index (χ1n) is 12.3. The molecule has 4 rings (SSSR count). The molecule has 3 aromatic rings. The fourth-order valence-electron chi connectivity index (χ4n) is 4.53. The number of aromatic nitrogens is 3. The first-order chi connectivity index (χ1) is 17.4. The van der Waals surface area contributed by atoms with Crippen molar-refractivity contribution in [2.24, 2.45) is 5.92 Å². The Morgan fingerprint density at radius 2 is 1.83 bits per heavy atom. The monoisotopic (exact) mass is 509 g/mol. The van der Waals surface area contributed by atoms with Crippen molar-refractivity contribution in [1.29, 1.82) is 0 Å². The van der Waals surface area contributed by atoms with Crippen molar-refractivity contribution in [3.05, 3.63) is 78.0 Å². The number of carbonyl (C=O) groups is 2. The average Bonchev–Trinajstić information content (AvgIpc) is 3.60. The summed E-state index contributed by atoms with van der Waals surface area (Å²) >= 11 is 0. The standard InChI is InChI=1S/C27H31N3O5S/c1-2-36(33,34)26-17-30(19-29-26)24(14-20-8-6-7-9-20)25(31)15-23-13-12-22(16-28-23)27(32)35-18-21-10-4-3-5-11-21/h3-5,10-13,16-17,19-20,24H,2,6-9,14-15,18H2,1H3/t24-/m0/s1. The van der Waals surface area contributed by atoms with E-state index in [1.54, 1.807) is 23.6 Å². The van der Waals surface area contributed by atoms with Crippen molar-refractivity contribution in [3.63, 3.8) is 0 Å². The van der Waals surface area contributed by atoms with Crippen LogP contribution in [0.5, 0.6) is 0 Å². The number of hydrogen-bond acceptors (Lipinski definition) is 7. The molecule has 8 nitrogen and oxygen atoms in total. The van der Waals surface area contributed by atoms with Gasteiger partial charge in [-0.3, -0.25) is 9.78 Å². The highest BCUT2D eigenvalue weighted by molar-refractivity contribution is 7.91. The number of Topliss-reactive ketones (excluding diaryl/α,β-unsaturated/α-hetero) is 1. The van der Waals surface area contributed by atoms with Gasteiger partial charge in [-0.15, -0.1) is 0 Å². The minimum Gasteiger partial charge on any atom is -0.457 e. The van der Waals surface area contributed by atoms with E-state index < -0.39 is 21.8 Å². The van der Waals surface area contributed by atoms with Crippen LogP contribution in [0.25, 0.3) is 0 Å². The molecule has 0 unspecified atom stereocenters. The quantitative estimate of drug-likeness (QED) is 0.353. The lowest BCUT2D eigenvalue weighted by atomic mass is 9.94. The molecular weight excluding hydrogens is 478 g/mol. The Morgan fingerprint density at radius 1 is 1.08 bits per heavy atom. The Kier molecular flexibility index (Phi) is 8.30. The lowest BCUT2D eigenvalue weighted by molar-refractivity contribution is -0.122. The Morgan fingerprint density at radius 3 is 2.50 bits per heavy atom. The summed E-state index contributed by atoms with van der Waals surface area (Å²) < 4.78 is 31.5. The molecule has 1 fully saturated rings. The number of pyridine rings is 1. The van der Waals surface area contributed by atoms with Crippen molar-refractivity contribution in [2.45, 2.75) is 63.1 Å². The zero-order valence-electron chi connectivity index (χ0n) is 20.4. The highest BCUT2D eigenvalue weighted by Crippen LogP contribution is 2.33. The van der Waals surface area contributed by atoms with E-state index in [2.05, 4.69) is 9.97 Å². The third kappa shape index (κ3) is 6.46. The largest absolute Gasteiger partial charge is 0.457 e. The van der Waals surface area contributed by atoms with Gasteiger partial charge in [0.2, 0.25) is 0 Å². The number of nitrogens with zero attached hydrogens (tertiary/aromatic N) is 3. The van der Waals surface area contributed by atoms with Crippen LogP contribution in [-0.2, 0) is 32.4 Å². The molecule has 1 aliphatic carbocycles. The Hall–Kier alpha value is -3.33. The van der Waals surface area contributed by atoms with Crippen molar-refractivity contribution in [2.75, 3.05) is 5.75 Å². The zero-order chi connectivity index (χ0) is 25.5. The number of imidazole rings is 1. The van der Waals surface area contributed by atoms with Crippen LogP contribution in [0.4, 0.5) is 0 Å². The Balaban J connectivity index is 1.44. The number of hydrogen-bond donors (Lipinski definition) is 0. The van der Waals surface area contributed by atoms with Crippen LogP contribution >= 0.6 is 0 Å². The molecule has 0 bridgehead atoms. The minimum absolute atomic E-state index is 0.00860. The summed E-state index contributed by atoms with van der Waals surface area (Å²) in [6.07, 6.45) is 9.48. The van der Waals surface area contributed by atoms with Crippen LogP contribution in [0.15, 0.2) is 66.2 Å². The van der Waals surface area contributed by atoms with Gasteiger partial charge >= 0.3 is 5.97 Å². The third-order valence-corrected chi connectivity index (χ3v) is 8.28. The zero-order valence-corrected chi connectivity index (χ0v) is 21.2. The smallest absolute Gasteiger partial charge is 0.340 e. The fourth-order valence-corrected chi connectivity index (χ4v) is 5.32. The van der Waals surface area contributed by atoms with E-state index in [4.69, 9.17) is 4.74 Å². The summed E-state index contributed by atoms with van der Waals surface area (Å²) in [4.78, 5) is 34.1. The van der Waals surface area contributed by atoms with Crippen LogP contribution in [0, 0.1) is 5.92 Å². The summed E-state index contributed by atoms with van der Waals surface area (Å²) in [5.41, 5.74) is 1.75. The van der Waals surface area contributed by atoms with Gasteiger partial charge in [0.1, 0.15) is 6.61 Å². The van der Waals surface area contributed by atoms with E-state index in [1.807, 2.05) is 30.3 Å². The predicted molar refractivity (Wildman–Crippen MR) is 134 cm³/mol. The van der Waals surface area contributed by atoms with Gasteiger partial charge in [-0.05, 0) is 30.0 Å². The van der Waals surface area contributed by atoms with Gasteiger partial charge in [0.25, 0.3) is 0 Å².